The van der Waals surface area contributed by atoms with Gasteiger partial charge in [0.1, 0.15) is 5.78 Å². The van der Waals surface area contributed by atoms with E-state index in [0.29, 0.717) is 18.1 Å². The van der Waals surface area contributed by atoms with Crippen LogP contribution in [-0.4, -0.2) is 5.78 Å². The molecule has 0 saturated heterocycles. The summed E-state index contributed by atoms with van der Waals surface area (Å²) in [5.74, 6) is 0.828. The highest BCUT2D eigenvalue weighted by Crippen LogP contribution is 2.25. The second-order valence-corrected chi connectivity index (χ2v) is 5.44. The lowest BCUT2D eigenvalue weighted by Crippen LogP contribution is -2.15. The van der Waals surface area contributed by atoms with Gasteiger partial charge in [-0.2, -0.15) is 0 Å². The van der Waals surface area contributed by atoms with Crippen LogP contribution in [0.1, 0.15) is 43.4 Å². The lowest BCUT2D eigenvalue weighted by atomic mass is 9.93. The van der Waals surface area contributed by atoms with Gasteiger partial charge >= 0.3 is 0 Å². The fourth-order valence-corrected chi connectivity index (χ4v) is 3.05. The van der Waals surface area contributed by atoms with Crippen LogP contribution in [0.2, 0.25) is 0 Å². The third-order valence-corrected chi connectivity index (χ3v) is 4.12. The molecule has 0 aliphatic heterocycles. The van der Waals surface area contributed by atoms with Gasteiger partial charge in [-0.15, -0.1) is 11.3 Å². The van der Waals surface area contributed by atoms with Crippen LogP contribution in [0, 0.1) is 5.92 Å². The maximum absolute atomic E-state index is 12.0. The number of hydrogen-bond donors (Lipinski definition) is 0. The van der Waals surface area contributed by atoms with Gasteiger partial charge in [0.25, 0.3) is 0 Å². The molecular formula is C13H18OS. The summed E-state index contributed by atoms with van der Waals surface area (Å²) in [7, 11) is 0. The van der Waals surface area contributed by atoms with Gasteiger partial charge in [-0.05, 0) is 24.3 Å². The molecule has 15 heavy (non-hydrogen) atoms. The minimum Gasteiger partial charge on any atom is -0.299 e. The van der Waals surface area contributed by atoms with Crippen LogP contribution in [0.15, 0.2) is 17.5 Å². The van der Waals surface area contributed by atoms with Crippen LogP contribution in [0.3, 0.4) is 0 Å². The van der Waals surface area contributed by atoms with Crippen LogP contribution in [0.25, 0.3) is 0 Å². The number of hydrogen-bond acceptors (Lipinski definition) is 2. The Hall–Kier alpha value is -0.630. The maximum Gasteiger partial charge on any atom is 0.141 e. The number of carbonyl (C=O) groups is 1. The van der Waals surface area contributed by atoms with Crippen molar-refractivity contribution in [3.05, 3.63) is 22.4 Å². The monoisotopic (exact) mass is 222 g/mol. The Bertz CT molecular complexity index is 294. The fourth-order valence-electron chi connectivity index (χ4n) is 2.33. The molecule has 0 aromatic carbocycles. The van der Waals surface area contributed by atoms with E-state index in [1.165, 1.54) is 30.6 Å². The molecule has 0 unspecified atom stereocenters. The van der Waals surface area contributed by atoms with E-state index in [0.717, 1.165) is 12.8 Å². The summed E-state index contributed by atoms with van der Waals surface area (Å²) in [5.41, 5.74) is 0. The zero-order valence-electron chi connectivity index (χ0n) is 9.08. The number of ketones is 1. The molecule has 0 radical (unpaired) electrons. The van der Waals surface area contributed by atoms with Crippen molar-refractivity contribution in [3.8, 4) is 0 Å². The quantitative estimate of drug-likeness (QED) is 0.710. The van der Waals surface area contributed by atoms with Gasteiger partial charge in [0.2, 0.25) is 0 Å². The molecule has 0 atom stereocenters. The Morgan fingerprint density at radius 1 is 1.27 bits per heavy atom. The third kappa shape index (κ3) is 3.16. The van der Waals surface area contributed by atoms with Crippen LogP contribution in [0.5, 0.6) is 0 Å². The van der Waals surface area contributed by atoms with Gasteiger partial charge < -0.3 is 0 Å². The molecule has 1 aliphatic rings. The Morgan fingerprint density at radius 3 is 2.60 bits per heavy atom. The predicted molar refractivity (Wildman–Crippen MR) is 64.2 cm³/mol. The average Bonchev–Trinajstić information content (AvgIpc) is 2.58. The van der Waals surface area contributed by atoms with Crippen molar-refractivity contribution in [2.45, 2.75) is 44.9 Å². The Labute approximate surface area is 95.5 Å². The molecule has 1 nitrogen and oxygen atoms in total. The number of Topliss-reactive ketones (excluding diaryl/α,β-unsaturated/α-hetero) is 1. The van der Waals surface area contributed by atoms with E-state index in [-0.39, 0.29) is 0 Å². The lowest BCUT2D eigenvalue weighted by Gasteiger charge is -2.11. The lowest BCUT2D eigenvalue weighted by molar-refractivity contribution is -0.122. The highest BCUT2D eigenvalue weighted by atomic mass is 32.1. The van der Waals surface area contributed by atoms with E-state index < -0.39 is 0 Å². The Balaban J connectivity index is 1.89. The highest BCUT2D eigenvalue weighted by Gasteiger charge is 2.20. The maximum atomic E-state index is 12.0. The number of thiophene rings is 1. The first-order valence-electron chi connectivity index (χ1n) is 5.91. The van der Waals surface area contributed by atoms with Crippen molar-refractivity contribution in [2.75, 3.05) is 0 Å². The normalized spacial score (nSPS) is 18.7. The standard InChI is InChI=1S/C13H18OS/c14-13(10-12-8-5-9-15-12)11-6-3-1-2-4-7-11/h5,8-9,11H,1-4,6-7,10H2. The Morgan fingerprint density at radius 2 is 2.00 bits per heavy atom. The van der Waals surface area contributed by atoms with Gasteiger partial charge in [0, 0.05) is 17.2 Å². The summed E-state index contributed by atoms with van der Waals surface area (Å²) in [6.45, 7) is 0. The summed E-state index contributed by atoms with van der Waals surface area (Å²) in [6, 6.07) is 4.10. The topological polar surface area (TPSA) is 17.1 Å². The minimum atomic E-state index is 0.356. The molecule has 2 rings (SSSR count). The molecule has 1 aliphatic carbocycles. The summed E-state index contributed by atoms with van der Waals surface area (Å²) < 4.78 is 0. The predicted octanol–water partition coefficient (Wildman–Crippen LogP) is 3.83. The van der Waals surface area contributed by atoms with Crippen LogP contribution in [-0.2, 0) is 11.2 Å². The van der Waals surface area contributed by atoms with Gasteiger partial charge in [-0.1, -0.05) is 31.7 Å². The van der Waals surface area contributed by atoms with Crippen molar-refractivity contribution in [3.63, 3.8) is 0 Å². The zero-order valence-corrected chi connectivity index (χ0v) is 9.89. The summed E-state index contributed by atoms with van der Waals surface area (Å²) in [6.07, 6.45) is 8.07. The number of carbonyl (C=O) groups excluding carboxylic acids is 1. The second-order valence-electron chi connectivity index (χ2n) is 4.41. The van der Waals surface area contributed by atoms with E-state index in [1.807, 2.05) is 6.07 Å². The second kappa shape index (κ2) is 5.45. The molecule has 0 bridgehead atoms. The molecule has 82 valence electrons. The number of rotatable bonds is 3. The molecule has 1 aromatic heterocycles. The first kappa shape index (κ1) is 10.9. The SMILES string of the molecule is O=C(Cc1cccs1)C1CCCCCC1. The van der Waals surface area contributed by atoms with Gasteiger partial charge in [0.15, 0.2) is 0 Å². The first-order valence-corrected chi connectivity index (χ1v) is 6.79. The van der Waals surface area contributed by atoms with Crippen LogP contribution < -0.4 is 0 Å². The van der Waals surface area contributed by atoms with E-state index in [9.17, 15) is 4.79 Å². The minimum absolute atomic E-state index is 0.356. The van der Waals surface area contributed by atoms with Crippen molar-refractivity contribution in [2.24, 2.45) is 5.92 Å². The molecule has 0 N–H and O–H groups in total. The van der Waals surface area contributed by atoms with Crippen molar-refractivity contribution < 1.29 is 4.79 Å². The molecule has 2 heteroatoms. The molecule has 0 amide bonds. The largest absolute Gasteiger partial charge is 0.299 e. The van der Waals surface area contributed by atoms with Crippen LogP contribution >= 0.6 is 11.3 Å². The molecule has 1 saturated carbocycles. The van der Waals surface area contributed by atoms with E-state index in [1.54, 1.807) is 11.3 Å². The van der Waals surface area contributed by atoms with Gasteiger partial charge in [-0.3, -0.25) is 4.79 Å². The first-order chi connectivity index (χ1) is 7.36. The fraction of sp³-hybridized carbons (Fsp3) is 0.615. The van der Waals surface area contributed by atoms with Gasteiger partial charge in [-0.25, -0.2) is 0 Å². The molecule has 1 aromatic rings. The van der Waals surface area contributed by atoms with E-state index in [4.69, 9.17) is 0 Å². The van der Waals surface area contributed by atoms with Crippen LogP contribution in [0.4, 0.5) is 0 Å². The van der Waals surface area contributed by atoms with E-state index >= 15 is 0 Å². The van der Waals surface area contributed by atoms with Crippen molar-refractivity contribution in [1.29, 1.82) is 0 Å². The molecule has 0 spiro atoms. The summed E-state index contributed by atoms with van der Waals surface area (Å²) in [5, 5.41) is 2.05. The summed E-state index contributed by atoms with van der Waals surface area (Å²) >= 11 is 1.70. The van der Waals surface area contributed by atoms with Gasteiger partial charge in [0.05, 0.1) is 0 Å². The third-order valence-electron chi connectivity index (χ3n) is 3.24. The highest BCUT2D eigenvalue weighted by molar-refractivity contribution is 7.10. The zero-order chi connectivity index (χ0) is 10.5. The molecule has 1 heterocycles. The van der Waals surface area contributed by atoms with Crippen molar-refractivity contribution in [1.82, 2.24) is 0 Å². The average molecular weight is 222 g/mol. The van der Waals surface area contributed by atoms with E-state index in [2.05, 4.69) is 11.4 Å². The van der Waals surface area contributed by atoms with Crippen molar-refractivity contribution >= 4 is 17.1 Å². The smallest absolute Gasteiger partial charge is 0.141 e. The molecular weight excluding hydrogens is 204 g/mol. The molecule has 1 fully saturated rings. The Kier molecular flexibility index (Phi) is 3.95. The summed E-state index contributed by atoms with van der Waals surface area (Å²) in [4.78, 5) is 13.3.